The van der Waals surface area contributed by atoms with E-state index in [1.165, 1.54) is 11.8 Å². The number of amides is 1. The van der Waals surface area contributed by atoms with Gasteiger partial charge in [0.25, 0.3) is 0 Å². The van der Waals surface area contributed by atoms with Crippen molar-refractivity contribution in [1.29, 1.82) is 0 Å². The molecule has 0 fully saturated rings. The van der Waals surface area contributed by atoms with Crippen LogP contribution in [0, 0.1) is 0 Å². The molecule has 0 saturated carbocycles. The van der Waals surface area contributed by atoms with Crippen LogP contribution >= 0.6 is 23.4 Å². The molecule has 0 aliphatic rings. The van der Waals surface area contributed by atoms with Gasteiger partial charge in [-0.25, -0.2) is 0 Å². The predicted molar refractivity (Wildman–Crippen MR) is 77.2 cm³/mol. The van der Waals surface area contributed by atoms with Crippen LogP contribution in [-0.4, -0.2) is 31.1 Å². The lowest BCUT2D eigenvalue weighted by Gasteiger charge is -2.24. The monoisotopic (exact) mass is 287 g/mol. The van der Waals surface area contributed by atoms with Crippen molar-refractivity contribution >= 4 is 29.3 Å². The zero-order chi connectivity index (χ0) is 13.5. The van der Waals surface area contributed by atoms with Crippen LogP contribution < -0.4 is 5.32 Å². The maximum atomic E-state index is 11.6. The Morgan fingerprint density at radius 2 is 2.06 bits per heavy atom. The Balaban J connectivity index is 2.70. The molecule has 5 heteroatoms. The summed E-state index contributed by atoms with van der Waals surface area (Å²) in [4.78, 5) is 11.6. The molecule has 0 aromatic heterocycles. The van der Waals surface area contributed by atoms with E-state index in [1.807, 2.05) is 37.4 Å². The van der Waals surface area contributed by atoms with Gasteiger partial charge in [0.15, 0.2) is 0 Å². The van der Waals surface area contributed by atoms with Gasteiger partial charge in [-0.15, -0.1) is 0 Å². The van der Waals surface area contributed by atoms with Gasteiger partial charge in [-0.1, -0.05) is 23.7 Å². The van der Waals surface area contributed by atoms with Crippen molar-refractivity contribution in [3.05, 3.63) is 34.9 Å². The van der Waals surface area contributed by atoms with Gasteiger partial charge in [0.2, 0.25) is 5.91 Å². The lowest BCUT2D eigenvalue weighted by atomic mass is 10.0. The first-order chi connectivity index (χ1) is 8.58. The predicted octanol–water partition coefficient (Wildman–Crippen LogP) is 2.90. The first-order valence-electron chi connectivity index (χ1n) is 5.65. The molecule has 1 aromatic rings. The van der Waals surface area contributed by atoms with Gasteiger partial charge in [0.05, 0.1) is 11.8 Å². The number of rotatable bonds is 6. The fourth-order valence-electron chi connectivity index (χ4n) is 1.78. The first-order valence-corrected chi connectivity index (χ1v) is 7.42. The highest BCUT2D eigenvalue weighted by molar-refractivity contribution is 7.99. The summed E-state index contributed by atoms with van der Waals surface area (Å²) < 4.78 is 5.45. The van der Waals surface area contributed by atoms with E-state index in [1.54, 1.807) is 7.11 Å². The Morgan fingerprint density at radius 1 is 1.44 bits per heavy atom. The zero-order valence-electron chi connectivity index (χ0n) is 10.8. The summed E-state index contributed by atoms with van der Waals surface area (Å²) in [6.45, 7) is 1.93. The second-order valence-electron chi connectivity index (χ2n) is 4.00. The molecule has 18 heavy (non-hydrogen) atoms. The quantitative estimate of drug-likeness (QED) is 0.874. The van der Waals surface area contributed by atoms with Gasteiger partial charge >= 0.3 is 0 Å². The Morgan fingerprint density at radius 3 is 2.56 bits per heavy atom. The number of carbonyl (C=O) groups excluding carboxylic acids is 1. The number of carbonyl (C=O) groups is 1. The minimum atomic E-state index is -0.173. The van der Waals surface area contributed by atoms with Crippen molar-refractivity contribution < 1.29 is 9.53 Å². The molecule has 0 spiro atoms. The van der Waals surface area contributed by atoms with E-state index in [-0.39, 0.29) is 18.1 Å². The summed E-state index contributed by atoms with van der Waals surface area (Å²) in [5.41, 5.74) is 0.999. The fourth-order valence-corrected chi connectivity index (χ4v) is 2.26. The molecule has 0 aliphatic carbocycles. The third kappa shape index (κ3) is 4.52. The van der Waals surface area contributed by atoms with Gasteiger partial charge in [0, 0.05) is 12.1 Å². The Bertz CT molecular complexity index is 383. The van der Waals surface area contributed by atoms with Crippen LogP contribution in [0.5, 0.6) is 0 Å². The van der Waals surface area contributed by atoms with E-state index >= 15 is 0 Å². The van der Waals surface area contributed by atoms with Crippen LogP contribution in [-0.2, 0) is 9.53 Å². The summed E-state index contributed by atoms with van der Waals surface area (Å²) in [6.07, 6.45) is 1.73. The third-order valence-electron chi connectivity index (χ3n) is 2.57. The average Bonchev–Trinajstić information content (AvgIpc) is 2.32. The van der Waals surface area contributed by atoms with E-state index in [4.69, 9.17) is 16.3 Å². The van der Waals surface area contributed by atoms with Gasteiger partial charge in [0.1, 0.15) is 6.10 Å². The zero-order valence-corrected chi connectivity index (χ0v) is 12.3. The second kappa shape index (κ2) is 7.67. The van der Waals surface area contributed by atoms with Gasteiger partial charge < -0.3 is 10.1 Å². The minimum Gasteiger partial charge on any atom is -0.375 e. The summed E-state index contributed by atoms with van der Waals surface area (Å²) in [5, 5.41) is 3.61. The van der Waals surface area contributed by atoms with Crippen LogP contribution in [0.25, 0.3) is 0 Å². The number of ether oxygens (including phenoxy) is 1. The SMILES string of the molecule is COC(c1ccc(Cl)cc1)C(C)NC(=O)CSC. The van der Waals surface area contributed by atoms with Gasteiger partial charge in [-0.3, -0.25) is 4.79 Å². The molecule has 0 saturated heterocycles. The van der Waals surface area contributed by atoms with Crippen molar-refractivity contribution in [1.82, 2.24) is 5.32 Å². The number of benzene rings is 1. The van der Waals surface area contributed by atoms with E-state index in [9.17, 15) is 4.79 Å². The number of nitrogens with one attached hydrogen (secondary N) is 1. The number of thioether (sulfide) groups is 1. The van der Waals surface area contributed by atoms with E-state index in [0.717, 1.165) is 5.56 Å². The van der Waals surface area contributed by atoms with Crippen molar-refractivity contribution in [2.45, 2.75) is 19.1 Å². The van der Waals surface area contributed by atoms with E-state index < -0.39 is 0 Å². The average molecular weight is 288 g/mol. The fraction of sp³-hybridized carbons (Fsp3) is 0.462. The van der Waals surface area contributed by atoms with Crippen LogP contribution in [0.15, 0.2) is 24.3 Å². The highest BCUT2D eigenvalue weighted by Gasteiger charge is 2.20. The molecule has 0 aliphatic heterocycles. The highest BCUT2D eigenvalue weighted by Crippen LogP contribution is 2.22. The summed E-state index contributed by atoms with van der Waals surface area (Å²) >= 11 is 7.35. The Hall–Kier alpha value is -0.710. The maximum Gasteiger partial charge on any atom is 0.230 e. The highest BCUT2D eigenvalue weighted by atomic mass is 35.5. The number of hydrogen-bond donors (Lipinski definition) is 1. The topological polar surface area (TPSA) is 38.3 Å². The Labute approximate surface area is 117 Å². The molecule has 0 radical (unpaired) electrons. The van der Waals surface area contributed by atoms with E-state index in [0.29, 0.717) is 10.8 Å². The normalized spacial score (nSPS) is 14.0. The molecule has 0 bridgehead atoms. The molecule has 2 unspecified atom stereocenters. The van der Waals surface area contributed by atoms with Crippen molar-refractivity contribution in [3.63, 3.8) is 0 Å². The van der Waals surface area contributed by atoms with Crippen LogP contribution in [0.3, 0.4) is 0 Å². The van der Waals surface area contributed by atoms with Gasteiger partial charge in [-0.2, -0.15) is 11.8 Å². The van der Waals surface area contributed by atoms with E-state index in [2.05, 4.69) is 5.32 Å². The molecule has 1 N–H and O–H groups in total. The molecule has 3 nitrogen and oxygen atoms in total. The van der Waals surface area contributed by atoms with Crippen LogP contribution in [0.4, 0.5) is 0 Å². The summed E-state index contributed by atoms with van der Waals surface area (Å²) in [5.74, 6) is 0.479. The molecule has 0 heterocycles. The number of methoxy groups -OCH3 is 1. The lowest BCUT2D eigenvalue weighted by Crippen LogP contribution is -2.38. The van der Waals surface area contributed by atoms with Crippen molar-refractivity contribution in [2.24, 2.45) is 0 Å². The van der Waals surface area contributed by atoms with Crippen molar-refractivity contribution in [3.8, 4) is 0 Å². The van der Waals surface area contributed by atoms with Crippen LogP contribution in [0.2, 0.25) is 5.02 Å². The smallest absolute Gasteiger partial charge is 0.230 e. The summed E-state index contributed by atoms with van der Waals surface area (Å²) in [6, 6.07) is 7.37. The summed E-state index contributed by atoms with van der Waals surface area (Å²) in [7, 11) is 1.64. The lowest BCUT2D eigenvalue weighted by molar-refractivity contribution is -0.120. The second-order valence-corrected chi connectivity index (χ2v) is 5.30. The molecule has 1 amide bonds. The van der Waals surface area contributed by atoms with Crippen LogP contribution in [0.1, 0.15) is 18.6 Å². The first kappa shape index (κ1) is 15.3. The molecule has 1 rings (SSSR count). The minimum absolute atomic E-state index is 0.0195. The molecule has 2 atom stereocenters. The standard InChI is InChI=1S/C13H18ClNO2S/c1-9(15-12(16)8-18-3)13(17-2)10-4-6-11(14)7-5-10/h4-7,9,13H,8H2,1-3H3,(H,15,16). The molecule has 100 valence electrons. The molecular formula is C13H18ClNO2S. The Kier molecular flexibility index (Phi) is 6.54. The van der Waals surface area contributed by atoms with Gasteiger partial charge in [-0.05, 0) is 30.9 Å². The largest absolute Gasteiger partial charge is 0.375 e. The number of halogens is 1. The molecular weight excluding hydrogens is 270 g/mol. The molecule has 1 aromatic carbocycles. The number of hydrogen-bond acceptors (Lipinski definition) is 3. The third-order valence-corrected chi connectivity index (χ3v) is 3.37. The maximum absolute atomic E-state index is 11.6. The van der Waals surface area contributed by atoms with Crippen molar-refractivity contribution in [2.75, 3.05) is 19.1 Å².